The lowest BCUT2D eigenvalue weighted by Gasteiger charge is -2.07. The minimum absolute atomic E-state index is 0.581. The first-order chi connectivity index (χ1) is 9.24. The predicted molar refractivity (Wildman–Crippen MR) is 78.4 cm³/mol. The van der Waals surface area contributed by atoms with Crippen LogP contribution in [-0.2, 0) is 6.42 Å². The third-order valence-electron chi connectivity index (χ3n) is 3.54. The van der Waals surface area contributed by atoms with Gasteiger partial charge in [-0.15, -0.1) is 0 Å². The summed E-state index contributed by atoms with van der Waals surface area (Å²) in [6.45, 7) is 4.43. The van der Waals surface area contributed by atoms with Crippen molar-refractivity contribution in [2.75, 3.05) is 0 Å². The highest BCUT2D eigenvalue weighted by Gasteiger charge is 2.06. The van der Waals surface area contributed by atoms with Crippen LogP contribution in [0.15, 0.2) is 52.9 Å². The molecule has 0 fully saturated rings. The van der Waals surface area contributed by atoms with Crippen molar-refractivity contribution in [3.05, 3.63) is 71.5 Å². The summed E-state index contributed by atoms with van der Waals surface area (Å²) in [6.07, 6.45) is 3.71. The third-order valence-corrected chi connectivity index (χ3v) is 3.54. The maximum atomic E-state index is 5.46. The average Bonchev–Trinajstić information content (AvgIpc) is 2.89. The van der Waals surface area contributed by atoms with E-state index < -0.39 is 0 Å². The van der Waals surface area contributed by atoms with E-state index in [2.05, 4.69) is 62.6 Å². The number of furan rings is 1. The molecular formula is C18H17O. The van der Waals surface area contributed by atoms with Crippen LogP contribution in [0.4, 0.5) is 0 Å². The maximum absolute atomic E-state index is 5.46. The first kappa shape index (κ1) is 12.0. The minimum Gasteiger partial charge on any atom is -0.452 e. The summed E-state index contributed by atoms with van der Waals surface area (Å²) in [6, 6.07) is 17.0. The fraction of sp³-hybridized carbons (Fsp3) is 0.222. The lowest BCUT2D eigenvalue weighted by molar-refractivity contribution is 0.602. The lowest BCUT2D eigenvalue weighted by atomic mass is 9.98. The molecule has 1 radical (unpaired) electrons. The Balaban J connectivity index is 1.90. The van der Waals surface area contributed by atoms with Crippen LogP contribution in [0.3, 0.4) is 0 Å². The summed E-state index contributed by atoms with van der Waals surface area (Å²) in [5.74, 6) is 0.581. The van der Waals surface area contributed by atoms with Gasteiger partial charge in [0, 0.05) is 11.8 Å². The van der Waals surface area contributed by atoms with Gasteiger partial charge < -0.3 is 4.42 Å². The van der Waals surface area contributed by atoms with E-state index >= 15 is 0 Å². The van der Waals surface area contributed by atoms with E-state index in [0.717, 1.165) is 17.4 Å². The van der Waals surface area contributed by atoms with Crippen molar-refractivity contribution >= 4 is 11.0 Å². The quantitative estimate of drug-likeness (QED) is 0.640. The second-order valence-electron chi connectivity index (χ2n) is 5.27. The van der Waals surface area contributed by atoms with Gasteiger partial charge in [0.15, 0.2) is 6.26 Å². The molecule has 0 aliphatic rings. The molecule has 1 heteroatoms. The van der Waals surface area contributed by atoms with Crippen LogP contribution in [0.1, 0.15) is 36.5 Å². The van der Waals surface area contributed by atoms with Gasteiger partial charge in [-0.3, -0.25) is 0 Å². The molecule has 0 spiro atoms. The Morgan fingerprint density at radius 3 is 2.58 bits per heavy atom. The second kappa shape index (κ2) is 4.93. The van der Waals surface area contributed by atoms with E-state index in [9.17, 15) is 0 Å². The van der Waals surface area contributed by atoms with Gasteiger partial charge in [0.05, 0.1) is 0 Å². The number of rotatable bonds is 3. The van der Waals surface area contributed by atoms with Crippen molar-refractivity contribution in [3.63, 3.8) is 0 Å². The molecule has 0 atom stereocenters. The van der Waals surface area contributed by atoms with E-state index in [1.54, 1.807) is 0 Å². The van der Waals surface area contributed by atoms with Gasteiger partial charge >= 0.3 is 0 Å². The Labute approximate surface area is 113 Å². The van der Waals surface area contributed by atoms with Gasteiger partial charge in [-0.1, -0.05) is 56.3 Å². The summed E-state index contributed by atoms with van der Waals surface area (Å²) >= 11 is 0. The first-order valence-electron chi connectivity index (χ1n) is 6.70. The van der Waals surface area contributed by atoms with Crippen LogP contribution < -0.4 is 0 Å². The monoisotopic (exact) mass is 249 g/mol. The third kappa shape index (κ3) is 2.41. The molecule has 1 heterocycles. The van der Waals surface area contributed by atoms with Crippen LogP contribution in [0.5, 0.6) is 0 Å². The Morgan fingerprint density at radius 1 is 1.05 bits per heavy atom. The molecule has 0 aliphatic carbocycles. The van der Waals surface area contributed by atoms with Gasteiger partial charge in [0.25, 0.3) is 0 Å². The van der Waals surface area contributed by atoms with Crippen LogP contribution in [0.25, 0.3) is 11.0 Å². The SMILES string of the molecule is CC(C)c1ccc(Cc2cccc3c[c]oc23)cc1. The van der Waals surface area contributed by atoms with Crippen LogP contribution in [-0.4, -0.2) is 0 Å². The van der Waals surface area contributed by atoms with E-state index in [1.807, 2.05) is 6.07 Å². The zero-order valence-corrected chi connectivity index (χ0v) is 11.3. The topological polar surface area (TPSA) is 13.1 Å². The van der Waals surface area contributed by atoms with Gasteiger partial charge in [-0.25, -0.2) is 0 Å². The fourth-order valence-corrected chi connectivity index (χ4v) is 2.37. The number of hydrogen-bond acceptors (Lipinski definition) is 1. The van der Waals surface area contributed by atoms with Crippen LogP contribution >= 0.6 is 0 Å². The molecule has 0 bridgehead atoms. The van der Waals surface area contributed by atoms with Crippen molar-refractivity contribution in [2.45, 2.75) is 26.2 Å². The molecule has 0 unspecified atom stereocenters. The molecule has 0 saturated carbocycles. The van der Waals surface area contributed by atoms with Gasteiger partial charge in [0.1, 0.15) is 5.58 Å². The first-order valence-corrected chi connectivity index (χ1v) is 6.70. The van der Waals surface area contributed by atoms with Crippen molar-refractivity contribution < 1.29 is 4.42 Å². The predicted octanol–water partition coefficient (Wildman–Crippen LogP) is 4.95. The molecule has 0 saturated heterocycles. The highest BCUT2D eigenvalue weighted by Crippen LogP contribution is 2.23. The second-order valence-corrected chi connectivity index (χ2v) is 5.27. The molecule has 3 rings (SSSR count). The highest BCUT2D eigenvalue weighted by atomic mass is 16.3. The molecule has 3 aromatic rings. The molecular weight excluding hydrogens is 232 g/mol. The fourth-order valence-electron chi connectivity index (χ4n) is 2.37. The average molecular weight is 249 g/mol. The summed E-state index contributed by atoms with van der Waals surface area (Å²) in [5, 5.41) is 1.12. The van der Waals surface area contributed by atoms with Crippen molar-refractivity contribution in [3.8, 4) is 0 Å². The maximum Gasteiger partial charge on any atom is 0.170 e. The van der Waals surface area contributed by atoms with E-state index in [0.29, 0.717) is 5.92 Å². The van der Waals surface area contributed by atoms with E-state index in [4.69, 9.17) is 4.42 Å². The van der Waals surface area contributed by atoms with E-state index in [1.165, 1.54) is 16.7 Å². The molecule has 2 aromatic carbocycles. The molecule has 95 valence electrons. The standard InChI is InChI=1S/C18H17O/c1-13(2)15-8-6-14(7-9-15)12-17-5-3-4-16-10-11-19-18(16)17/h3-10,13H,12H2,1-2H3. The zero-order valence-electron chi connectivity index (χ0n) is 11.3. The number of hydrogen-bond donors (Lipinski definition) is 0. The zero-order chi connectivity index (χ0) is 13.2. The number of para-hydroxylation sites is 1. The Hall–Kier alpha value is -2.02. The Bertz CT molecular complexity index is 674. The van der Waals surface area contributed by atoms with E-state index in [-0.39, 0.29) is 0 Å². The summed E-state index contributed by atoms with van der Waals surface area (Å²) in [5.41, 5.74) is 4.87. The van der Waals surface area contributed by atoms with Crippen LogP contribution in [0.2, 0.25) is 0 Å². The molecule has 0 aliphatic heterocycles. The normalized spacial score (nSPS) is 11.3. The molecule has 19 heavy (non-hydrogen) atoms. The minimum atomic E-state index is 0.581. The smallest absolute Gasteiger partial charge is 0.170 e. The highest BCUT2D eigenvalue weighted by molar-refractivity contribution is 5.80. The Morgan fingerprint density at radius 2 is 1.84 bits per heavy atom. The summed E-state index contributed by atoms with van der Waals surface area (Å²) < 4.78 is 5.46. The number of fused-ring (bicyclic) bond motifs is 1. The van der Waals surface area contributed by atoms with Crippen molar-refractivity contribution in [1.29, 1.82) is 0 Å². The largest absolute Gasteiger partial charge is 0.452 e. The van der Waals surface area contributed by atoms with Gasteiger partial charge in [0.2, 0.25) is 0 Å². The molecule has 1 aromatic heterocycles. The number of benzene rings is 2. The summed E-state index contributed by atoms with van der Waals surface area (Å²) in [7, 11) is 0. The van der Waals surface area contributed by atoms with Gasteiger partial charge in [-0.05, 0) is 28.7 Å². The lowest BCUT2D eigenvalue weighted by Crippen LogP contribution is -1.91. The summed E-state index contributed by atoms with van der Waals surface area (Å²) in [4.78, 5) is 0. The molecule has 0 amide bonds. The van der Waals surface area contributed by atoms with Crippen LogP contribution in [0, 0.1) is 6.26 Å². The molecule has 1 nitrogen and oxygen atoms in total. The Kier molecular flexibility index (Phi) is 3.12. The van der Waals surface area contributed by atoms with Crippen molar-refractivity contribution in [1.82, 2.24) is 0 Å². The van der Waals surface area contributed by atoms with Crippen molar-refractivity contribution in [2.24, 2.45) is 0 Å². The molecule has 0 N–H and O–H groups in total. The van der Waals surface area contributed by atoms with Gasteiger partial charge in [-0.2, -0.15) is 0 Å².